The van der Waals surface area contributed by atoms with Crippen LogP contribution in [0.5, 0.6) is 0 Å². The van der Waals surface area contributed by atoms with Crippen LogP contribution in [0.15, 0.2) is 0 Å². The van der Waals surface area contributed by atoms with E-state index in [0.29, 0.717) is 25.7 Å². The number of alkyl halides is 3. The van der Waals surface area contributed by atoms with Crippen molar-refractivity contribution in [2.45, 2.75) is 31.9 Å². The van der Waals surface area contributed by atoms with Crippen molar-refractivity contribution in [2.24, 2.45) is 5.92 Å². The number of rotatable bonds is 2. The van der Waals surface area contributed by atoms with Gasteiger partial charge < -0.3 is 5.32 Å². The summed E-state index contributed by atoms with van der Waals surface area (Å²) < 4.78 is 35.4. The van der Waals surface area contributed by atoms with Crippen LogP contribution in [-0.2, 0) is 9.59 Å². The second kappa shape index (κ2) is 4.63. The van der Waals surface area contributed by atoms with Crippen LogP contribution >= 0.6 is 0 Å². The summed E-state index contributed by atoms with van der Waals surface area (Å²) in [5.41, 5.74) is 0. The third kappa shape index (κ3) is 3.89. The fraction of sp³-hybridized carbons (Fsp3) is 0.778. The van der Waals surface area contributed by atoms with E-state index in [0.717, 1.165) is 0 Å². The van der Waals surface area contributed by atoms with Crippen LogP contribution in [-0.4, -0.2) is 24.4 Å². The van der Waals surface area contributed by atoms with Crippen LogP contribution in [0.25, 0.3) is 0 Å². The first-order valence-electron chi connectivity index (χ1n) is 4.76. The van der Waals surface area contributed by atoms with E-state index in [9.17, 15) is 22.8 Å². The number of hydrogen-bond donors (Lipinski definition) is 1. The number of halogens is 3. The molecule has 86 valence electrons. The quantitative estimate of drug-likeness (QED) is 0.769. The van der Waals surface area contributed by atoms with Crippen LogP contribution in [0.3, 0.4) is 0 Å². The third-order valence-electron chi connectivity index (χ3n) is 2.47. The second-order valence-corrected chi connectivity index (χ2v) is 3.69. The van der Waals surface area contributed by atoms with E-state index in [-0.39, 0.29) is 18.2 Å². The van der Waals surface area contributed by atoms with Gasteiger partial charge in [0.2, 0.25) is 0 Å². The molecular formula is C9H12F3NO2. The maximum atomic E-state index is 11.8. The summed E-state index contributed by atoms with van der Waals surface area (Å²) in [5, 5.41) is 1.83. The van der Waals surface area contributed by atoms with Crippen molar-refractivity contribution in [1.82, 2.24) is 5.32 Å². The van der Waals surface area contributed by atoms with Gasteiger partial charge in [0.25, 0.3) is 0 Å². The Morgan fingerprint density at radius 1 is 1.33 bits per heavy atom. The van der Waals surface area contributed by atoms with Crippen molar-refractivity contribution in [3.05, 3.63) is 0 Å². The highest BCUT2D eigenvalue weighted by Gasteiger charge is 2.38. The molecule has 0 aromatic carbocycles. The lowest BCUT2D eigenvalue weighted by Gasteiger charge is -2.21. The first-order valence-corrected chi connectivity index (χ1v) is 4.76. The average Bonchev–Trinajstić information content (AvgIpc) is 2.15. The molecule has 0 saturated heterocycles. The molecule has 1 aliphatic rings. The zero-order valence-corrected chi connectivity index (χ0v) is 8.06. The van der Waals surface area contributed by atoms with Crippen LogP contribution in [0, 0.1) is 5.92 Å². The predicted molar refractivity (Wildman–Crippen MR) is 46.0 cm³/mol. The molecule has 15 heavy (non-hydrogen) atoms. The predicted octanol–water partition coefficient (Wildman–Crippen LogP) is 1.42. The molecule has 1 fully saturated rings. The second-order valence-electron chi connectivity index (χ2n) is 3.69. The number of amides is 1. The number of ketones is 1. The molecule has 0 unspecified atom stereocenters. The summed E-state index contributed by atoms with van der Waals surface area (Å²) >= 11 is 0. The molecule has 0 atom stereocenters. The maximum absolute atomic E-state index is 11.8. The van der Waals surface area contributed by atoms with Crippen LogP contribution in [0.1, 0.15) is 25.7 Å². The van der Waals surface area contributed by atoms with E-state index >= 15 is 0 Å². The number of hydrogen-bond acceptors (Lipinski definition) is 2. The zero-order chi connectivity index (χ0) is 11.5. The Morgan fingerprint density at radius 2 is 1.87 bits per heavy atom. The van der Waals surface area contributed by atoms with Crippen molar-refractivity contribution in [3.63, 3.8) is 0 Å². The SMILES string of the molecule is O=C1CCC(CNC(=O)C(F)(F)F)CC1. The summed E-state index contributed by atoms with van der Waals surface area (Å²) in [5.74, 6) is -1.76. The minimum Gasteiger partial charge on any atom is -0.348 e. The lowest BCUT2D eigenvalue weighted by molar-refractivity contribution is -0.173. The van der Waals surface area contributed by atoms with Gasteiger partial charge in [0.15, 0.2) is 0 Å². The van der Waals surface area contributed by atoms with E-state index in [1.54, 1.807) is 0 Å². The van der Waals surface area contributed by atoms with Crippen LogP contribution < -0.4 is 5.32 Å². The molecule has 0 aromatic heterocycles. The molecule has 1 N–H and O–H groups in total. The number of Topliss-reactive ketones (excluding diaryl/α,β-unsaturated/α-hetero) is 1. The summed E-state index contributed by atoms with van der Waals surface area (Å²) in [6, 6.07) is 0. The maximum Gasteiger partial charge on any atom is 0.471 e. The van der Waals surface area contributed by atoms with E-state index in [1.165, 1.54) is 0 Å². The fourth-order valence-corrected chi connectivity index (χ4v) is 1.54. The Hall–Kier alpha value is -1.07. The lowest BCUT2D eigenvalue weighted by atomic mass is 9.88. The monoisotopic (exact) mass is 223 g/mol. The van der Waals surface area contributed by atoms with Gasteiger partial charge in [0.1, 0.15) is 5.78 Å². The number of nitrogens with one attached hydrogen (secondary N) is 1. The van der Waals surface area contributed by atoms with Gasteiger partial charge in [-0.25, -0.2) is 0 Å². The van der Waals surface area contributed by atoms with Crippen molar-refractivity contribution < 1.29 is 22.8 Å². The third-order valence-corrected chi connectivity index (χ3v) is 2.47. The van der Waals surface area contributed by atoms with Crippen molar-refractivity contribution in [1.29, 1.82) is 0 Å². The zero-order valence-electron chi connectivity index (χ0n) is 8.06. The van der Waals surface area contributed by atoms with Crippen LogP contribution in [0.2, 0.25) is 0 Å². The molecule has 6 heteroatoms. The Bertz CT molecular complexity index is 253. The highest BCUT2D eigenvalue weighted by molar-refractivity contribution is 5.81. The van der Waals surface area contributed by atoms with E-state index in [2.05, 4.69) is 0 Å². The molecular weight excluding hydrogens is 211 g/mol. The fourth-order valence-electron chi connectivity index (χ4n) is 1.54. The number of carbonyl (C=O) groups is 2. The summed E-state index contributed by atoms with van der Waals surface area (Å²) in [6.45, 7) is 0.00558. The van der Waals surface area contributed by atoms with Gasteiger partial charge in [0, 0.05) is 19.4 Å². The Labute approximate surface area is 85.0 Å². The van der Waals surface area contributed by atoms with E-state index < -0.39 is 12.1 Å². The lowest BCUT2D eigenvalue weighted by Crippen LogP contribution is -2.40. The van der Waals surface area contributed by atoms with Gasteiger partial charge in [-0.05, 0) is 18.8 Å². The minimum absolute atomic E-state index is 0.00556. The molecule has 1 amide bonds. The topological polar surface area (TPSA) is 46.2 Å². The van der Waals surface area contributed by atoms with E-state index in [4.69, 9.17) is 0 Å². The van der Waals surface area contributed by atoms with Crippen molar-refractivity contribution in [3.8, 4) is 0 Å². The van der Waals surface area contributed by atoms with Gasteiger partial charge >= 0.3 is 12.1 Å². The van der Waals surface area contributed by atoms with Gasteiger partial charge in [-0.3, -0.25) is 9.59 Å². The molecule has 0 heterocycles. The minimum atomic E-state index is -4.81. The van der Waals surface area contributed by atoms with Crippen LogP contribution in [0.4, 0.5) is 13.2 Å². The first kappa shape index (κ1) is 12.0. The molecule has 0 spiro atoms. The first-order chi connectivity index (χ1) is 6.89. The molecule has 0 radical (unpaired) electrons. The smallest absolute Gasteiger partial charge is 0.348 e. The highest BCUT2D eigenvalue weighted by atomic mass is 19.4. The molecule has 1 rings (SSSR count). The molecule has 1 saturated carbocycles. The van der Waals surface area contributed by atoms with Gasteiger partial charge in [-0.15, -0.1) is 0 Å². The molecule has 0 aromatic rings. The van der Waals surface area contributed by atoms with Gasteiger partial charge in [0.05, 0.1) is 0 Å². The van der Waals surface area contributed by atoms with Crippen molar-refractivity contribution in [2.75, 3.05) is 6.54 Å². The normalized spacial score (nSPS) is 19.0. The highest BCUT2D eigenvalue weighted by Crippen LogP contribution is 2.21. The van der Waals surface area contributed by atoms with Crippen molar-refractivity contribution >= 4 is 11.7 Å². The van der Waals surface area contributed by atoms with E-state index in [1.807, 2.05) is 5.32 Å². The number of carbonyl (C=O) groups excluding carboxylic acids is 2. The summed E-state index contributed by atoms with van der Waals surface area (Å²) in [7, 11) is 0. The summed E-state index contributed by atoms with van der Waals surface area (Å²) in [4.78, 5) is 21.3. The van der Waals surface area contributed by atoms with Gasteiger partial charge in [-0.1, -0.05) is 0 Å². The largest absolute Gasteiger partial charge is 0.471 e. The molecule has 1 aliphatic carbocycles. The Kier molecular flexibility index (Phi) is 3.71. The average molecular weight is 223 g/mol. The Balaban J connectivity index is 2.26. The summed E-state index contributed by atoms with van der Waals surface area (Å²) in [6.07, 6.45) is -2.86. The molecule has 3 nitrogen and oxygen atoms in total. The Morgan fingerprint density at radius 3 is 2.33 bits per heavy atom. The molecule has 0 bridgehead atoms. The van der Waals surface area contributed by atoms with Gasteiger partial charge in [-0.2, -0.15) is 13.2 Å². The standard InChI is InChI=1S/C9H12F3NO2/c10-9(11,12)8(15)13-5-6-1-3-7(14)4-2-6/h6H,1-5H2,(H,13,15). The molecule has 0 aliphatic heterocycles.